The summed E-state index contributed by atoms with van der Waals surface area (Å²) in [6.45, 7) is 0.0669. The normalized spacial score (nSPS) is 15.7. The van der Waals surface area contributed by atoms with Crippen molar-refractivity contribution in [3.8, 4) is 0 Å². The third-order valence-electron chi connectivity index (χ3n) is 7.42. The van der Waals surface area contributed by atoms with Crippen LogP contribution in [0.25, 0.3) is 5.57 Å². The van der Waals surface area contributed by atoms with Gasteiger partial charge in [-0.2, -0.15) is 26.3 Å². The predicted molar refractivity (Wildman–Crippen MR) is 155 cm³/mol. The lowest BCUT2D eigenvalue weighted by Crippen LogP contribution is -2.57. The lowest BCUT2D eigenvalue weighted by molar-refractivity contribution is -0.137. The summed E-state index contributed by atoms with van der Waals surface area (Å²) in [5.41, 5.74) is -3.96. The molecule has 0 N–H and O–H groups in total. The van der Waals surface area contributed by atoms with Crippen LogP contribution in [0.5, 0.6) is 0 Å². The maximum absolute atomic E-state index is 16.0. The third kappa shape index (κ3) is 6.55. The zero-order valence-corrected chi connectivity index (χ0v) is 24.1. The molecule has 44 heavy (non-hydrogen) atoms. The highest BCUT2D eigenvalue weighted by molar-refractivity contribution is 6.42. The maximum Gasteiger partial charge on any atom is 0.417 e. The fourth-order valence-corrected chi connectivity index (χ4v) is 5.71. The second-order valence-electron chi connectivity index (χ2n) is 10.4. The monoisotopic (exact) mass is 651 g/mol. The van der Waals surface area contributed by atoms with Gasteiger partial charge in [-0.25, -0.2) is 4.39 Å². The van der Waals surface area contributed by atoms with Crippen LogP contribution in [0.1, 0.15) is 44.2 Å². The molecular weight excluding hydrogens is 630 g/mol. The van der Waals surface area contributed by atoms with Gasteiger partial charge in [0.1, 0.15) is 0 Å². The Morgan fingerprint density at radius 1 is 0.773 bits per heavy atom. The zero-order chi connectivity index (χ0) is 31.9. The first kappa shape index (κ1) is 31.8. The number of allylic oxidation sites excluding steroid dienone is 2. The van der Waals surface area contributed by atoms with Gasteiger partial charge in [0.05, 0.1) is 27.2 Å². The number of benzene rings is 4. The van der Waals surface area contributed by atoms with E-state index in [1.807, 2.05) is 65.6 Å². The molecule has 1 saturated heterocycles. The number of rotatable bonds is 7. The molecule has 0 bridgehead atoms. The molecule has 5 rings (SSSR count). The van der Waals surface area contributed by atoms with E-state index in [1.165, 1.54) is 24.3 Å². The minimum absolute atomic E-state index is 0.0335. The van der Waals surface area contributed by atoms with E-state index >= 15 is 4.39 Å². The minimum Gasteiger partial charge on any atom is -0.289 e. The fourth-order valence-electron chi connectivity index (χ4n) is 5.27. The highest BCUT2D eigenvalue weighted by Crippen LogP contribution is 2.45. The molecule has 0 amide bonds. The third-order valence-corrected chi connectivity index (χ3v) is 8.22. The number of halogens is 9. The standard InChI is InChI=1S/C33H22Cl2F7NO/c34-27-16-23(15-26(29(27)35)33(40,41)42)25(32(37,38)39)17-28(44)20-11-13-24(14-12-20)31(36)18-43(19-31)30(21-7-3-1-4-8-21)22-9-5-2-6-10-22/h1-17,30H,18-19H2/b25-17-. The molecule has 2 nitrogen and oxygen atoms in total. The van der Waals surface area contributed by atoms with E-state index in [1.54, 1.807) is 0 Å². The van der Waals surface area contributed by atoms with E-state index in [0.29, 0.717) is 6.07 Å². The van der Waals surface area contributed by atoms with Gasteiger partial charge in [-0.1, -0.05) is 108 Å². The molecule has 11 heteroatoms. The van der Waals surface area contributed by atoms with E-state index < -0.39 is 50.5 Å². The van der Waals surface area contributed by atoms with Crippen molar-refractivity contribution < 1.29 is 35.5 Å². The molecule has 0 aliphatic carbocycles. The van der Waals surface area contributed by atoms with Crippen molar-refractivity contribution in [3.05, 3.63) is 147 Å². The summed E-state index contributed by atoms with van der Waals surface area (Å²) in [5, 5.41) is -1.71. The Morgan fingerprint density at radius 3 is 1.77 bits per heavy atom. The Morgan fingerprint density at radius 2 is 1.30 bits per heavy atom. The number of carbonyl (C=O) groups is 1. The zero-order valence-electron chi connectivity index (χ0n) is 22.6. The highest BCUT2D eigenvalue weighted by atomic mass is 35.5. The van der Waals surface area contributed by atoms with E-state index in [-0.39, 0.29) is 42.4 Å². The first-order valence-corrected chi connectivity index (χ1v) is 14.0. The first-order chi connectivity index (χ1) is 20.7. The summed E-state index contributed by atoms with van der Waals surface area (Å²) in [4.78, 5) is 14.8. The van der Waals surface area contributed by atoms with Gasteiger partial charge in [0.25, 0.3) is 0 Å². The van der Waals surface area contributed by atoms with Crippen molar-refractivity contribution in [1.82, 2.24) is 4.90 Å². The lowest BCUT2D eigenvalue weighted by Gasteiger charge is -2.49. The van der Waals surface area contributed by atoms with E-state index in [0.717, 1.165) is 11.1 Å². The van der Waals surface area contributed by atoms with Crippen molar-refractivity contribution in [1.29, 1.82) is 0 Å². The number of hydrogen-bond donors (Lipinski definition) is 0. The lowest BCUT2D eigenvalue weighted by atomic mass is 9.83. The van der Waals surface area contributed by atoms with Crippen molar-refractivity contribution in [3.63, 3.8) is 0 Å². The molecule has 4 aromatic rings. The van der Waals surface area contributed by atoms with Gasteiger partial charge in [0.2, 0.25) is 0 Å². The second-order valence-corrected chi connectivity index (χ2v) is 11.2. The summed E-state index contributed by atoms with van der Waals surface area (Å²) >= 11 is 11.3. The summed E-state index contributed by atoms with van der Waals surface area (Å²) in [7, 11) is 0. The van der Waals surface area contributed by atoms with Gasteiger partial charge in [0, 0.05) is 18.7 Å². The Bertz CT molecular complexity index is 1640. The van der Waals surface area contributed by atoms with Crippen LogP contribution < -0.4 is 0 Å². The second kappa shape index (κ2) is 12.0. The Balaban J connectivity index is 1.38. The van der Waals surface area contributed by atoms with Gasteiger partial charge in [-0.15, -0.1) is 0 Å². The van der Waals surface area contributed by atoms with E-state index in [9.17, 15) is 31.1 Å². The van der Waals surface area contributed by atoms with Gasteiger partial charge in [0.15, 0.2) is 11.5 Å². The summed E-state index contributed by atoms with van der Waals surface area (Å²) in [6, 6.07) is 24.9. The molecule has 4 aromatic carbocycles. The predicted octanol–water partition coefficient (Wildman–Crippen LogP) is 10.1. The molecule has 1 fully saturated rings. The van der Waals surface area contributed by atoms with Crippen LogP contribution in [0.4, 0.5) is 30.7 Å². The van der Waals surface area contributed by atoms with Gasteiger partial charge in [-0.3, -0.25) is 9.69 Å². The van der Waals surface area contributed by atoms with E-state index in [2.05, 4.69) is 0 Å². The number of ketones is 1. The molecule has 0 spiro atoms. The number of hydrogen-bond acceptors (Lipinski definition) is 2. The Kier molecular flexibility index (Phi) is 8.68. The van der Waals surface area contributed by atoms with Crippen molar-refractivity contribution in [2.75, 3.05) is 13.1 Å². The Hall–Kier alpha value is -3.66. The molecule has 0 atom stereocenters. The maximum atomic E-state index is 16.0. The number of carbonyl (C=O) groups excluding carboxylic acids is 1. The molecule has 0 aromatic heterocycles. The first-order valence-electron chi connectivity index (χ1n) is 13.2. The van der Waals surface area contributed by atoms with Crippen molar-refractivity contribution in [2.24, 2.45) is 0 Å². The number of alkyl halides is 7. The largest absolute Gasteiger partial charge is 0.417 e. The molecule has 0 saturated carbocycles. The molecule has 228 valence electrons. The molecule has 0 radical (unpaired) electrons. The topological polar surface area (TPSA) is 20.3 Å². The van der Waals surface area contributed by atoms with Crippen molar-refractivity contribution in [2.45, 2.75) is 24.1 Å². The van der Waals surface area contributed by atoms with Gasteiger partial charge >= 0.3 is 12.4 Å². The van der Waals surface area contributed by atoms with Crippen LogP contribution in [0.3, 0.4) is 0 Å². The summed E-state index contributed by atoms with van der Waals surface area (Å²) < 4.78 is 97.9. The molecule has 1 heterocycles. The smallest absolute Gasteiger partial charge is 0.289 e. The Labute approximate surface area is 258 Å². The summed E-state index contributed by atoms with van der Waals surface area (Å²) in [6.07, 6.45) is -10.1. The molecule has 1 aliphatic heterocycles. The summed E-state index contributed by atoms with van der Waals surface area (Å²) in [5.74, 6) is -1.14. The fraction of sp³-hybridized carbons (Fsp3) is 0.182. The van der Waals surface area contributed by atoms with Crippen LogP contribution in [0, 0.1) is 0 Å². The van der Waals surface area contributed by atoms with Crippen LogP contribution in [-0.4, -0.2) is 29.9 Å². The van der Waals surface area contributed by atoms with Crippen LogP contribution in [0.2, 0.25) is 10.0 Å². The van der Waals surface area contributed by atoms with Gasteiger partial charge < -0.3 is 0 Å². The SMILES string of the molecule is O=C(/C=C(/c1cc(Cl)c(Cl)c(C(F)(F)F)c1)C(F)(F)F)c1ccc(C2(F)CN(C(c3ccccc3)c3ccccc3)C2)cc1. The molecule has 0 unspecified atom stereocenters. The van der Waals surface area contributed by atoms with Gasteiger partial charge in [-0.05, 0) is 40.5 Å². The average molecular weight is 652 g/mol. The number of likely N-dealkylation sites (tertiary alicyclic amines) is 1. The number of nitrogens with zero attached hydrogens (tertiary/aromatic N) is 1. The quantitative estimate of drug-likeness (QED) is 0.113. The minimum atomic E-state index is -5.21. The average Bonchev–Trinajstić information content (AvgIpc) is 2.96. The van der Waals surface area contributed by atoms with E-state index in [4.69, 9.17) is 23.2 Å². The van der Waals surface area contributed by atoms with Crippen LogP contribution in [0.15, 0.2) is 103 Å². The molecular formula is C33H22Cl2F7NO. The van der Waals surface area contributed by atoms with Crippen LogP contribution in [-0.2, 0) is 11.8 Å². The van der Waals surface area contributed by atoms with Crippen LogP contribution >= 0.6 is 23.2 Å². The molecule has 1 aliphatic rings. The van der Waals surface area contributed by atoms with Crippen molar-refractivity contribution >= 4 is 34.6 Å². The highest BCUT2D eigenvalue weighted by Gasteiger charge is 2.48.